The van der Waals surface area contributed by atoms with Crippen molar-refractivity contribution >= 4 is 44.0 Å². The maximum absolute atomic E-state index is 13.0. The second-order valence-electron chi connectivity index (χ2n) is 7.54. The van der Waals surface area contributed by atoms with Gasteiger partial charge in [0.2, 0.25) is 11.8 Å². The molecule has 1 aliphatic rings. The lowest BCUT2D eigenvalue weighted by atomic mass is 10.0. The molecule has 2 aromatic rings. The Hall–Kier alpha value is -2.79. The predicted molar refractivity (Wildman–Crippen MR) is 121 cm³/mol. The van der Waals surface area contributed by atoms with Gasteiger partial charge in [0.15, 0.2) is 9.84 Å². The standard InChI is InChI=1S/C22H25FN2O6S2/c1-3-31-22(28)20-17-10-11-25(14(2)26)13-18(17)32-21(20)24-19(27)5-4-12-33(29,30)16-8-6-15(23)7-9-16/h6-9H,3-5,10-13H2,1-2H3,(H,24,27). The van der Waals surface area contributed by atoms with Crippen LogP contribution in [-0.2, 0) is 37.1 Å². The molecular weight excluding hydrogens is 471 g/mol. The van der Waals surface area contributed by atoms with Gasteiger partial charge in [-0.05, 0) is 49.6 Å². The van der Waals surface area contributed by atoms with E-state index in [1.54, 1.807) is 11.8 Å². The fraction of sp³-hybridized carbons (Fsp3) is 0.409. The van der Waals surface area contributed by atoms with Gasteiger partial charge in [0.25, 0.3) is 0 Å². The van der Waals surface area contributed by atoms with Crippen LogP contribution in [0, 0.1) is 5.82 Å². The molecule has 33 heavy (non-hydrogen) atoms. The van der Waals surface area contributed by atoms with E-state index in [0.29, 0.717) is 30.1 Å². The molecule has 0 fully saturated rings. The molecular formula is C22H25FN2O6S2. The maximum Gasteiger partial charge on any atom is 0.341 e. The third-order valence-electron chi connectivity index (χ3n) is 5.22. The third kappa shape index (κ3) is 5.97. The quantitative estimate of drug-likeness (QED) is 0.444. The highest BCUT2D eigenvalue weighted by atomic mass is 32.2. The minimum absolute atomic E-state index is 0.00476. The lowest BCUT2D eigenvalue weighted by Gasteiger charge is -2.25. The lowest BCUT2D eigenvalue weighted by Crippen LogP contribution is -2.34. The number of amides is 2. The van der Waals surface area contributed by atoms with Crippen molar-refractivity contribution in [2.75, 3.05) is 24.2 Å². The fourth-order valence-corrected chi connectivity index (χ4v) is 6.13. The van der Waals surface area contributed by atoms with Gasteiger partial charge in [-0.2, -0.15) is 0 Å². The van der Waals surface area contributed by atoms with Crippen LogP contribution in [0.1, 0.15) is 47.5 Å². The van der Waals surface area contributed by atoms with E-state index in [9.17, 15) is 27.2 Å². The van der Waals surface area contributed by atoms with Crippen molar-refractivity contribution in [2.24, 2.45) is 0 Å². The number of ether oxygens (including phenoxy) is 1. The van der Waals surface area contributed by atoms with E-state index in [4.69, 9.17) is 4.74 Å². The summed E-state index contributed by atoms with van der Waals surface area (Å²) in [6.45, 7) is 4.17. The van der Waals surface area contributed by atoms with Crippen molar-refractivity contribution < 1.29 is 31.9 Å². The molecule has 2 amide bonds. The first-order chi connectivity index (χ1) is 15.6. The van der Waals surface area contributed by atoms with E-state index in [0.717, 1.165) is 22.6 Å². The summed E-state index contributed by atoms with van der Waals surface area (Å²) < 4.78 is 42.9. The van der Waals surface area contributed by atoms with E-state index in [2.05, 4.69) is 5.32 Å². The highest BCUT2D eigenvalue weighted by Crippen LogP contribution is 2.37. The maximum atomic E-state index is 13.0. The number of carbonyl (C=O) groups excluding carboxylic acids is 3. The number of fused-ring (bicyclic) bond motifs is 1. The van der Waals surface area contributed by atoms with Crippen molar-refractivity contribution in [2.45, 2.75) is 44.6 Å². The molecule has 1 aliphatic heterocycles. The van der Waals surface area contributed by atoms with Crippen molar-refractivity contribution in [3.05, 3.63) is 46.1 Å². The van der Waals surface area contributed by atoms with Gasteiger partial charge < -0.3 is 15.0 Å². The van der Waals surface area contributed by atoms with Crippen molar-refractivity contribution in [1.82, 2.24) is 4.90 Å². The molecule has 0 unspecified atom stereocenters. The highest BCUT2D eigenvalue weighted by molar-refractivity contribution is 7.91. The Morgan fingerprint density at radius 1 is 1.21 bits per heavy atom. The molecule has 0 bridgehead atoms. The first-order valence-corrected chi connectivity index (χ1v) is 12.9. The molecule has 0 saturated heterocycles. The Bertz CT molecular complexity index is 1160. The number of rotatable bonds is 8. The van der Waals surface area contributed by atoms with Crippen LogP contribution in [0.3, 0.4) is 0 Å². The summed E-state index contributed by atoms with van der Waals surface area (Å²) >= 11 is 1.22. The van der Waals surface area contributed by atoms with Crippen LogP contribution in [-0.4, -0.2) is 50.0 Å². The number of carbonyl (C=O) groups is 3. The molecule has 178 valence electrons. The van der Waals surface area contributed by atoms with Crippen LogP contribution in [0.2, 0.25) is 0 Å². The molecule has 1 aromatic carbocycles. The van der Waals surface area contributed by atoms with Crippen LogP contribution in [0.15, 0.2) is 29.2 Å². The van der Waals surface area contributed by atoms with Crippen molar-refractivity contribution in [3.63, 3.8) is 0 Å². The Balaban J connectivity index is 1.69. The van der Waals surface area contributed by atoms with Gasteiger partial charge in [0, 0.05) is 24.8 Å². The highest BCUT2D eigenvalue weighted by Gasteiger charge is 2.30. The number of hydrogen-bond donors (Lipinski definition) is 1. The van der Waals surface area contributed by atoms with Crippen LogP contribution in [0.4, 0.5) is 9.39 Å². The van der Waals surface area contributed by atoms with E-state index in [1.807, 2.05) is 0 Å². The number of benzene rings is 1. The largest absolute Gasteiger partial charge is 0.462 e. The van der Waals surface area contributed by atoms with E-state index in [-0.39, 0.29) is 36.0 Å². The topological polar surface area (TPSA) is 110 Å². The van der Waals surface area contributed by atoms with E-state index < -0.39 is 27.5 Å². The lowest BCUT2D eigenvalue weighted by molar-refractivity contribution is -0.129. The average Bonchev–Trinajstić information content (AvgIpc) is 3.10. The second kappa shape index (κ2) is 10.4. The molecule has 1 aromatic heterocycles. The number of halogens is 1. The monoisotopic (exact) mass is 496 g/mol. The molecule has 1 N–H and O–H groups in total. The summed E-state index contributed by atoms with van der Waals surface area (Å²) in [6, 6.07) is 4.53. The van der Waals surface area contributed by atoms with Gasteiger partial charge in [0.05, 0.1) is 29.4 Å². The number of esters is 1. The average molecular weight is 497 g/mol. The molecule has 2 heterocycles. The first-order valence-electron chi connectivity index (χ1n) is 10.5. The predicted octanol–water partition coefficient (Wildman–Crippen LogP) is 3.16. The smallest absolute Gasteiger partial charge is 0.341 e. The second-order valence-corrected chi connectivity index (χ2v) is 10.8. The zero-order chi connectivity index (χ0) is 24.2. The van der Waals surface area contributed by atoms with Gasteiger partial charge >= 0.3 is 5.97 Å². The number of anilines is 1. The van der Waals surface area contributed by atoms with Crippen LogP contribution < -0.4 is 5.32 Å². The zero-order valence-electron chi connectivity index (χ0n) is 18.4. The summed E-state index contributed by atoms with van der Waals surface area (Å²) in [4.78, 5) is 39.3. The number of nitrogens with one attached hydrogen (secondary N) is 1. The summed E-state index contributed by atoms with van der Waals surface area (Å²) in [5.74, 6) is -1.85. The Morgan fingerprint density at radius 2 is 1.91 bits per heavy atom. The molecule has 8 nitrogen and oxygen atoms in total. The summed E-state index contributed by atoms with van der Waals surface area (Å²) in [7, 11) is -3.65. The van der Waals surface area contributed by atoms with E-state index >= 15 is 0 Å². The van der Waals surface area contributed by atoms with Gasteiger partial charge in [-0.1, -0.05) is 0 Å². The molecule has 0 atom stereocenters. The van der Waals surface area contributed by atoms with Crippen molar-refractivity contribution in [3.8, 4) is 0 Å². The molecule has 0 spiro atoms. The normalized spacial score (nSPS) is 13.4. The molecule has 0 radical (unpaired) electrons. The summed E-state index contributed by atoms with van der Waals surface area (Å²) in [6.07, 6.45) is 0.458. The van der Waals surface area contributed by atoms with Gasteiger partial charge in [-0.3, -0.25) is 9.59 Å². The fourth-order valence-electron chi connectivity index (χ4n) is 3.55. The molecule has 3 rings (SSSR count). The summed E-state index contributed by atoms with van der Waals surface area (Å²) in [5.41, 5.74) is 1.07. The minimum Gasteiger partial charge on any atom is -0.462 e. The number of sulfone groups is 1. The molecule has 0 aliphatic carbocycles. The van der Waals surface area contributed by atoms with Crippen LogP contribution in [0.25, 0.3) is 0 Å². The SMILES string of the molecule is CCOC(=O)c1c(NC(=O)CCCS(=O)(=O)c2ccc(F)cc2)sc2c1CCN(C(C)=O)C2. The van der Waals surface area contributed by atoms with E-state index in [1.165, 1.54) is 30.4 Å². The summed E-state index contributed by atoms with van der Waals surface area (Å²) in [5, 5.41) is 3.06. The molecule has 0 saturated carbocycles. The van der Waals surface area contributed by atoms with Crippen LogP contribution in [0.5, 0.6) is 0 Å². The molecule has 11 heteroatoms. The number of thiophene rings is 1. The Morgan fingerprint density at radius 3 is 2.55 bits per heavy atom. The Kier molecular flexibility index (Phi) is 7.85. The number of nitrogens with zero attached hydrogens (tertiary/aromatic N) is 1. The van der Waals surface area contributed by atoms with Gasteiger partial charge in [-0.25, -0.2) is 17.6 Å². The minimum atomic E-state index is -3.65. The van der Waals surface area contributed by atoms with Crippen molar-refractivity contribution in [1.29, 1.82) is 0 Å². The zero-order valence-corrected chi connectivity index (χ0v) is 20.0. The van der Waals surface area contributed by atoms with Crippen LogP contribution >= 0.6 is 11.3 Å². The van der Waals surface area contributed by atoms with Gasteiger partial charge in [-0.15, -0.1) is 11.3 Å². The Labute approximate surface area is 195 Å². The first kappa shape index (κ1) is 24.8. The van der Waals surface area contributed by atoms with Gasteiger partial charge in [0.1, 0.15) is 10.8 Å². The third-order valence-corrected chi connectivity index (χ3v) is 8.17. The number of hydrogen-bond acceptors (Lipinski definition) is 7.